The Hall–Kier alpha value is -0.120. The Bertz CT molecular complexity index is 137. The van der Waals surface area contributed by atoms with Crippen LogP contribution in [0.3, 0.4) is 0 Å². The molecule has 0 saturated heterocycles. The van der Waals surface area contributed by atoms with Gasteiger partial charge in [-0.1, -0.05) is 0 Å². The summed E-state index contributed by atoms with van der Waals surface area (Å²) in [5.41, 5.74) is 5.52. The Morgan fingerprint density at radius 3 is 2.57 bits per heavy atom. The van der Waals surface area contributed by atoms with Gasteiger partial charge >= 0.3 is 0 Å². The molecule has 14 heavy (non-hydrogen) atoms. The van der Waals surface area contributed by atoms with Crippen molar-refractivity contribution in [1.82, 2.24) is 4.90 Å². The van der Waals surface area contributed by atoms with E-state index in [2.05, 4.69) is 4.90 Å². The van der Waals surface area contributed by atoms with Gasteiger partial charge in [0, 0.05) is 25.8 Å². The molecule has 3 heteroatoms. The second kappa shape index (κ2) is 7.21. The van der Waals surface area contributed by atoms with Crippen LogP contribution in [0.25, 0.3) is 0 Å². The average molecular weight is 200 g/mol. The third-order valence-electron chi connectivity index (χ3n) is 2.65. The predicted molar refractivity (Wildman–Crippen MR) is 59.4 cm³/mol. The van der Waals surface area contributed by atoms with Crippen LogP contribution in [0.2, 0.25) is 0 Å². The van der Waals surface area contributed by atoms with Gasteiger partial charge in [0.25, 0.3) is 0 Å². The summed E-state index contributed by atoms with van der Waals surface area (Å²) < 4.78 is 5.34. The summed E-state index contributed by atoms with van der Waals surface area (Å²) in [6.07, 6.45) is 5.07. The van der Waals surface area contributed by atoms with Gasteiger partial charge in [-0.25, -0.2) is 0 Å². The number of rotatable bonds is 9. The maximum atomic E-state index is 5.52. The minimum absolute atomic E-state index is 0.814. The average Bonchev–Trinajstić information content (AvgIpc) is 3.00. The zero-order chi connectivity index (χ0) is 10.2. The first-order valence-corrected chi connectivity index (χ1v) is 5.90. The lowest BCUT2D eigenvalue weighted by Crippen LogP contribution is -2.30. The molecule has 0 atom stereocenters. The molecule has 0 aromatic carbocycles. The molecule has 1 aliphatic rings. The van der Waals surface area contributed by atoms with E-state index < -0.39 is 0 Å². The first-order valence-electron chi connectivity index (χ1n) is 5.90. The lowest BCUT2D eigenvalue weighted by atomic mass is 10.3. The normalized spacial score (nSPS) is 16.5. The summed E-state index contributed by atoms with van der Waals surface area (Å²) in [6, 6.07) is 0.864. The summed E-state index contributed by atoms with van der Waals surface area (Å²) >= 11 is 0. The topological polar surface area (TPSA) is 38.5 Å². The molecular weight excluding hydrogens is 176 g/mol. The molecule has 0 amide bonds. The van der Waals surface area contributed by atoms with E-state index in [4.69, 9.17) is 10.5 Å². The van der Waals surface area contributed by atoms with Gasteiger partial charge in [-0.05, 0) is 45.7 Å². The molecule has 0 bridgehead atoms. The molecule has 1 saturated carbocycles. The highest BCUT2D eigenvalue weighted by Crippen LogP contribution is 2.26. The molecule has 1 rings (SSSR count). The Morgan fingerprint density at radius 2 is 2.00 bits per heavy atom. The molecule has 0 spiro atoms. The van der Waals surface area contributed by atoms with E-state index in [0.29, 0.717) is 0 Å². The lowest BCUT2D eigenvalue weighted by molar-refractivity contribution is 0.130. The van der Waals surface area contributed by atoms with Gasteiger partial charge in [-0.3, -0.25) is 0 Å². The largest absolute Gasteiger partial charge is 0.382 e. The molecule has 0 unspecified atom stereocenters. The van der Waals surface area contributed by atoms with Crippen LogP contribution in [0.4, 0.5) is 0 Å². The van der Waals surface area contributed by atoms with E-state index in [-0.39, 0.29) is 0 Å². The summed E-state index contributed by atoms with van der Waals surface area (Å²) in [6.45, 7) is 6.97. The van der Waals surface area contributed by atoms with Gasteiger partial charge in [0.05, 0.1) is 0 Å². The zero-order valence-corrected chi connectivity index (χ0v) is 9.37. The zero-order valence-electron chi connectivity index (χ0n) is 9.37. The molecule has 1 fully saturated rings. The first-order chi connectivity index (χ1) is 6.88. The second-order valence-corrected chi connectivity index (χ2v) is 3.96. The predicted octanol–water partition coefficient (Wildman–Crippen LogP) is 1.23. The lowest BCUT2D eigenvalue weighted by Gasteiger charge is -2.21. The van der Waals surface area contributed by atoms with Crippen molar-refractivity contribution in [2.45, 2.75) is 38.6 Å². The van der Waals surface area contributed by atoms with E-state index in [0.717, 1.165) is 38.6 Å². The van der Waals surface area contributed by atoms with Crippen molar-refractivity contribution in [2.75, 3.05) is 32.8 Å². The summed E-state index contributed by atoms with van der Waals surface area (Å²) in [4.78, 5) is 2.58. The third kappa shape index (κ3) is 4.94. The van der Waals surface area contributed by atoms with Crippen molar-refractivity contribution in [3.8, 4) is 0 Å². The van der Waals surface area contributed by atoms with Crippen LogP contribution in [0, 0.1) is 0 Å². The van der Waals surface area contributed by atoms with Crippen LogP contribution < -0.4 is 5.73 Å². The summed E-state index contributed by atoms with van der Waals surface area (Å²) in [5, 5.41) is 0. The van der Waals surface area contributed by atoms with Gasteiger partial charge in [0.15, 0.2) is 0 Å². The molecular formula is C11H24N2O. The molecule has 0 aliphatic heterocycles. The van der Waals surface area contributed by atoms with Crippen molar-refractivity contribution in [3.63, 3.8) is 0 Å². The maximum Gasteiger partial charge on any atom is 0.0478 e. The minimum atomic E-state index is 0.814. The van der Waals surface area contributed by atoms with Gasteiger partial charge in [-0.15, -0.1) is 0 Å². The Labute approximate surface area is 87.6 Å². The molecule has 1 aliphatic carbocycles. The number of nitrogens with two attached hydrogens (primary N) is 1. The first kappa shape index (κ1) is 12.0. The van der Waals surface area contributed by atoms with Crippen LogP contribution in [0.5, 0.6) is 0 Å². The highest BCUT2D eigenvalue weighted by Gasteiger charge is 2.27. The van der Waals surface area contributed by atoms with E-state index in [1.54, 1.807) is 0 Å². The minimum Gasteiger partial charge on any atom is -0.382 e. The summed E-state index contributed by atoms with van der Waals surface area (Å²) in [5.74, 6) is 0. The second-order valence-electron chi connectivity index (χ2n) is 3.96. The number of ether oxygens (including phenoxy) is 1. The van der Waals surface area contributed by atoms with Crippen LogP contribution in [0.15, 0.2) is 0 Å². The molecule has 2 N–H and O–H groups in total. The Morgan fingerprint density at radius 1 is 1.29 bits per heavy atom. The molecule has 0 heterocycles. The molecule has 3 nitrogen and oxygen atoms in total. The van der Waals surface area contributed by atoms with Crippen molar-refractivity contribution >= 4 is 0 Å². The Balaban J connectivity index is 2.02. The quantitative estimate of drug-likeness (QED) is 0.569. The number of hydrogen-bond acceptors (Lipinski definition) is 3. The summed E-state index contributed by atoms with van der Waals surface area (Å²) in [7, 11) is 0. The SMILES string of the molecule is CCOCCCN(CCCN)C1CC1. The van der Waals surface area contributed by atoms with E-state index in [1.165, 1.54) is 25.9 Å². The fourth-order valence-corrected chi connectivity index (χ4v) is 1.73. The maximum absolute atomic E-state index is 5.52. The smallest absolute Gasteiger partial charge is 0.0478 e. The van der Waals surface area contributed by atoms with Gasteiger partial charge < -0.3 is 15.4 Å². The monoisotopic (exact) mass is 200 g/mol. The van der Waals surface area contributed by atoms with Crippen LogP contribution in [-0.4, -0.2) is 43.8 Å². The Kier molecular flexibility index (Phi) is 6.15. The van der Waals surface area contributed by atoms with Crippen molar-refractivity contribution < 1.29 is 4.74 Å². The third-order valence-corrected chi connectivity index (χ3v) is 2.65. The molecule has 0 aromatic rings. The number of nitrogens with zero attached hydrogens (tertiary/aromatic N) is 1. The number of hydrogen-bond donors (Lipinski definition) is 1. The highest BCUT2D eigenvalue weighted by molar-refractivity contribution is 4.84. The van der Waals surface area contributed by atoms with Gasteiger partial charge in [0.1, 0.15) is 0 Å². The van der Waals surface area contributed by atoms with Crippen LogP contribution in [-0.2, 0) is 4.74 Å². The molecule has 84 valence electrons. The van der Waals surface area contributed by atoms with E-state index >= 15 is 0 Å². The fraction of sp³-hybridized carbons (Fsp3) is 1.00. The molecule has 0 aromatic heterocycles. The van der Waals surface area contributed by atoms with Crippen LogP contribution in [0.1, 0.15) is 32.6 Å². The van der Waals surface area contributed by atoms with Crippen molar-refractivity contribution in [3.05, 3.63) is 0 Å². The van der Waals surface area contributed by atoms with Crippen LogP contribution >= 0.6 is 0 Å². The highest BCUT2D eigenvalue weighted by atomic mass is 16.5. The van der Waals surface area contributed by atoms with Gasteiger partial charge in [-0.2, -0.15) is 0 Å². The fourth-order valence-electron chi connectivity index (χ4n) is 1.73. The van der Waals surface area contributed by atoms with E-state index in [9.17, 15) is 0 Å². The molecule has 0 radical (unpaired) electrons. The van der Waals surface area contributed by atoms with Crippen molar-refractivity contribution in [1.29, 1.82) is 0 Å². The standard InChI is InChI=1S/C11H24N2O/c1-2-14-10-4-9-13(8-3-7-12)11-5-6-11/h11H,2-10,12H2,1H3. The van der Waals surface area contributed by atoms with Gasteiger partial charge in [0.2, 0.25) is 0 Å². The van der Waals surface area contributed by atoms with Crippen molar-refractivity contribution in [2.24, 2.45) is 5.73 Å². The van der Waals surface area contributed by atoms with E-state index in [1.807, 2.05) is 6.92 Å².